The molecule has 1 fully saturated rings. The predicted octanol–water partition coefficient (Wildman–Crippen LogP) is 1.39. The summed E-state index contributed by atoms with van der Waals surface area (Å²) in [6.45, 7) is 4.00. The number of hydrogen-bond acceptors (Lipinski definition) is 4. The van der Waals surface area contributed by atoms with Crippen LogP contribution in [-0.4, -0.2) is 29.4 Å². The van der Waals surface area contributed by atoms with Gasteiger partial charge in [-0.2, -0.15) is 0 Å². The maximum Gasteiger partial charge on any atom is 0.249 e. The molecule has 0 saturated carbocycles. The van der Waals surface area contributed by atoms with E-state index in [1.54, 1.807) is 11.1 Å². The predicted molar refractivity (Wildman–Crippen MR) is 71.2 cm³/mol. The van der Waals surface area contributed by atoms with Gasteiger partial charge < -0.3 is 4.90 Å². The molecule has 1 aliphatic heterocycles. The van der Waals surface area contributed by atoms with E-state index in [1.165, 1.54) is 0 Å². The van der Waals surface area contributed by atoms with Crippen LogP contribution in [0, 0.1) is 6.92 Å². The van der Waals surface area contributed by atoms with Crippen LogP contribution >= 0.6 is 15.9 Å². The lowest BCUT2D eigenvalue weighted by atomic mass is 10.1. The minimum atomic E-state index is -0.353. The molecule has 96 valence electrons. The lowest BCUT2D eigenvalue weighted by molar-refractivity contribution is -0.132. The van der Waals surface area contributed by atoms with Gasteiger partial charge in [0.2, 0.25) is 11.8 Å². The van der Waals surface area contributed by atoms with Crippen molar-refractivity contribution in [1.29, 1.82) is 0 Å². The number of anilines is 1. The van der Waals surface area contributed by atoms with E-state index in [0.29, 0.717) is 12.2 Å². The van der Waals surface area contributed by atoms with Gasteiger partial charge in [-0.1, -0.05) is 6.92 Å². The average molecular weight is 312 g/mol. The standard InChI is InChI=1S/C12H14BrN3O2/c1-3-9-12(18)15-10(17)6-16(9)11-8(13)4-7(2)5-14-11/h4-5,9H,3,6H2,1-2H3,(H,15,17,18). The van der Waals surface area contributed by atoms with E-state index in [1.807, 2.05) is 19.9 Å². The van der Waals surface area contributed by atoms with Crippen LogP contribution in [0.4, 0.5) is 5.82 Å². The molecule has 1 saturated heterocycles. The van der Waals surface area contributed by atoms with Crippen molar-refractivity contribution in [3.05, 3.63) is 22.3 Å². The molecule has 2 heterocycles. The highest BCUT2D eigenvalue weighted by molar-refractivity contribution is 9.10. The third kappa shape index (κ3) is 2.38. The van der Waals surface area contributed by atoms with Crippen LogP contribution in [-0.2, 0) is 9.59 Å². The second-order valence-electron chi connectivity index (χ2n) is 4.28. The fraction of sp³-hybridized carbons (Fsp3) is 0.417. The fourth-order valence-electron chi connectivity index (χ4n) is 2.03. The Labute approximate surface area is 114 Å². The number of amides is 2. The van der Waals surface area contributed by atoms with Gasteiger partial charge in [0, 0.05) is 6.20 Å². The van der Waals surface area contributed by atoms with Crippen LogP contribution in [0.3, 0.4) is 0 Å². The Morgan fingerprint density at radius 1 is 1.56 bits per heavy atom. The molecule has 1 unspecified atom stereocenters. The fourth-order valence-corrected chi connectivity index (χ4v) is 2.72. The van der Waals surface area contributed by atoms with E-state index >= 15 is 0 Å². The Hall–Kier alpha value is -1.43. The summed E-state index contributed by atoms with van der Waals surface area (Å²) in [6, 6.07) is 1.57. The molecule has 2 rings (SSSR count). The lowest BCUT2D eigenvalue weighted by Crippen LogP contribution is -2.58. The number of carbonyl (C=O) groups is 2. The molecule has 1 N–H and O–H groups in total. The molecular weight excluding hydrogens is 298 g/mol. The quantitative estimate of drug-likeness (QED) is 0.839. The smallest absolute Gasteiger partial charge is 0.249 e. The number of pyridine rings is 1. The number of aryl methyl sites for hydroxylation is 1. The molecule has 5 nitrogen and oxygen atoms in total. The first-order chi connectivity index (χ1) is 8.52. The number of carbonyl (C=O) groups excluding carboxylic acids is 2. The van der Waals surface area contributed by atoms with Crippen LogP contribution < -0.4 is 10.2 Å². The van der Waals surface area contributed by atoms with E-state index in [-0.39, 0.29) is 24.4 Å². The second kappa shape index (κ2) is 5.06. The van der Waals surface area contributed by atoms with Crippen LogP contribution in [0.25, 0.3) is 0 Å². The molecule has 0 aromatic carbocycles. The topological polar surface area (TPSA) is 62.3 Å². The Kier molecular flexibility index (Phi) is 3.65. The highest BCUT2D eigenvalue weighted by Crippen LogP contribution is 2.27. The molecule has 0 aliphatic carbocycles. The van der Waals surface area contributed by atoms with Crippen LogP contribution in [0.5, 0.6) is 0 Å². The monoisotopic (exact) mass is 311 g/mol. The van der Waals surface area contributed by atoms with Crippen molar-refractivity contribution in [2.45, 2.75) is 26.3 Å². The van der Waals surface area contributed by atoms with Gasteiger partial charge in [0.1, 0.15) is 11.9 Å². The molecule has 0 radical (unpaired) electrons. The van der Waals surface area contributed by atoms with E-state index < -0.39 is 0 Å². The number of halogens is 1. The van der Waals surface area contributed by atoms with Gasteiger partial charge >= 0.3 is 0 Å². The number of nitrogens with zero attached hydrogens (tertiary/aromatic N) is 2. The van der Waals surface area contributed by atoms with Gasteiger partial charge in [-0.3, -0.25) is 14.9 Å². The van der Waals surface area contributed by atoms with Crippen molar-refractivity contribution in [2.24, 2.45) is 0 Å². The van der Waals surface area contributed by atoms with Crippen LogP contribution in [0.15, 0.2) is 16.7 Å². The van der Waals surface area contributed by atoms with Crippen molar-refractivity contribution >= 4 is 33.6 Å². The van der Waals surface area contributed by atoms with Crippen LogP contribution in [0.1, 0.15) is 18.9 Å². The number of rotatable bonds is 2. The zero-order chi connectivity index (χ0) is 13.3. The van der Waals surface area contributed by atoms with E-state index in [2.05, 4.69) is 26.2 Å². The third-order valence-electron chi connectivity index (χ3n) is 2.87. The molecule has 0 spiro atoms. The Bertz CT molecular complexity index is 504. The number of imide groups is 1. The normalized spacial score (nSPS) is 19.9. The summed E-state index contributed by atoms with van der Waals surface area (Å²) in [6.07, 6.45) is 2.35. The third-order valence-corrected chi connectivity index (χ3v) is 3.46. The minimum absolute atomic E-state index is 0.152. The molecular formula is C12H14BrN3O2. The number of nitrogens with one attached hydrogen (secondary N) is 1. The zero-order valence-electron chi connectivity index (χ0n) is 10.2. The van der Waals surface area contributed by atoms with Gasteiger partial charge in [-0.15, -0.1) is 0 Å². The van der Waals surface area contributed by atoms with Crippen molar-refractivity contribution < 1.29 is 9.59 Å². The largest absolute Gasteiger partial charge is 0.334 e. The summed E-state index contributed by atoms with van der Waals surface area (Å²) in [5.41, 5.74) is 1.02. The summed E-state index contributed by atoms with van der Waals surface area (Å²) in [7, 11) is 0. The molecule has 6 heteroatoms. The number of aromatic nitrogens is 1. The van der Waals surface area contributed by atoms with Crippen molar-refractivity contribution in [1.82, 2.24) is 10.3 Å². The zero-order valence-corrected chi connectivity index (χ0v) is 11.8. The van der Waals surface area contributed by atoms with Crippen molar-refractivity contribution in [2.75, 3.05) is 11.4 Å². The summed E-state index contributed by atoms with van der Waals surface area (Å²) in [5, 5.41) is 2.35. The lowest BCUT2D eigenvalue weighted by Gasteiger charge is -2.34. The average Bonchev–Trinajstić information content (AvgIpc) is 2.28. The molecule has 18 heavy (non-hydrogen) atoms. The minimum Gasteiger partial charge on any atom is -0.334 e. The van der Waals surface area contributed by atoms with Crippen molar-refractivity contribution in [3.8, 4) is 0 Å². The summed E-state index contributed by atoms with van der Waals surface area (Å²) >= 11 is 3.43. The molecule has 1 aromatic heterocycles. The number of hydrogen-bond donors (Lipinski definition) is 1. The van der Waals surface area contributed by atoms with Gasteiger partial charge in [-0.25, -0.2) is 4.98 Å². The highest BCUT2D eigenvalue weighted by Gasteiger charge is 2.34. The summed E-state index contributed by atoms with van der Waals surface area (Å²) < 4.78 is 0.795. The van der Waals surface area contributed by atoms with Crippen LogP contribution in [0.2, 0.25) is 0 Å². The first-order valence-electron chi connectivity index (χ1n) is 5.75. The number of piperazine rings is 1. The van der Waals surface area contributed by atoms with Gasteiger partial charge in [0.15, 0.2) is 0 Å². The first-order valence-corrected chi connectivity index (χ1v) is 6.54. The van der Waals surface area contributed by atoms with E-state index in [4.69, 9.17) is 0 Å². The summed E-state index contributed by atoms with van der Waals surface area (Å²) in [5.74, 6) is 0.0812. The molecule has 1 aliphatic rings. The molecule has 1 atom stereocenters. The molecule has 2 amide bonds. The summed E-state index contributed by atoms with van der Waals surface area (Å²) in [4.78, 5) is 29.3. The van der Waals surface area contributed by atoms with Crippen molar-refractivity contribution in [3.63, 3.8) is 0 Å². The van der Waals surface area contributed by atoms with Gasteiger partial charge in [0.05, 0.1) is 11.0 Å². The highest BCUT2D eigenvalue weighted by atomic mass is 79.9. The second-order valence-corrected chi connectivity index (χ2v) is 5.14. The Morgan fingerprint density at radius 2 is 2.28 bits per heavy atom. The SMILES string of the molecule is CCC1C(=O)NC(=O)CN1c1ncc(C)cc1Br. The Morgan fingerprint density at radius 3 is 2.89 bits per heavy atom. The maximum absolute atomic E-state index is 11.8. The first kappa shape index (κ1) is 13.0. The van der Waals surface area contributed by atoms with Gasteiger partial charge in [0.25, 0.3) is 0 Å². The Balaban J connectivity index is 2.39. The van der Waals surface area contributed by atoms with Gasteiger partial charge in [-0.05, 0) is 40.9 Å². The van der Waals surface area contributed by atoms with E-state index in [0.717, 1.165) is 10.0 Å². The van der Waals surface area contributed by atoms with E-state index in [9.17, 15) is 9.59 Å². The maximum atomic E-state index is 11.8. The molecule has 0 bridgehead atoms. The molecule has 1 aromatic rings.